The Morgan fingerprint density at radius 1 is 0.857 bits per heavy atom. The predicted molar refractivity (Wildman–Crippen MR) is 84.3 cm³/mol. The molecule has 0 radical (unpaired) electrons. The Kier molecular flexibility index (Phi) is 5.06. The molecule has 2 aromatic rings. The summed E-state index contributed by atoms with van der Waals surface area (Å²) in [6.45, 7) is 0.765. The van der Waals surface area contributed by atoms with Crippen LogP contribution in [0, 0.1) is 0 Å². The molecule has 112 valence electrons. The van der Waals surface area contributed by atoms with Crippen molar-refractivity contribution in [1.82, 2.24) is 5.32 Å². The first kappa shape index (κ1) is 15.2. The van der Waals surface area contributed by atoms with Crippen molar-refractivity contribution in [2.24, 2.45) is 0 Å². The Labute approximate surface area is 125 Å². The number of hydrogen-bond donors (Lipinski definition) is 1. The molecule has 0 saturated carbocycles. The highest BCUT2D eigenvalue weighted by Crippen LogP contribution is 2.34. The Hall–Kier alpha value is -2.20. The van der Waals surface area contributed by atoms with Crippen LogP contribution in [0.1, 0.15) is 5.56 Å². The van der Waals surface area contributed by atoms with Crippen LogP contribution in [-0.2, 0) is 6.54 Å². The van der Waals surface area contributed by atoms with Gasteiger partial charge in [-0.1, -0.05) is 12.1 Å². The summed E-state index contributed by atoms with van der Waals surface area (Å²) in [6.07, 6.45) is 0. The normalized spacial score (nSPS) is 10.3. The maximum atomic E-state index is 5.38. The third-order valence-corrected chi connectivity index (χ3v) is 3.37. The molecule has 4 heteroatoms. The van der Waals surface area contributed by atoms with Crippen LogP contribution >= 0.6 is 0 Å². The zero-order chi connectivity index (χ0) is 15.2. The molecular formula is C17H21NO3. The van der Waals surface area contributed by atoms with E-state index in [-0.39, 0.29) is 0 Å². The van der Waals surface area contributed by atoms with Crippen molar-refractivity contribution in [3.63, 3.8) is 0 Å². The zero-order valence-corrected chi connectivity index (χ0v) is 12.9. The number of ether oxygens (including phenoxy) is 3. The van der Waals surface area contributed by atoms with E-state index in [1.54, 1.807) is 21.3 Å². The fourth-order valence-corrected chi connectivity index (χ4v) is 2.32. The van der Waals surface area contributed by atoms with Crippen LogP contribution in [0.2, 0.25) is 0 Å². The average Bonchev–Trinajstić information content (AvgIpc) is 2.54. The van der Waals surface area contributed by atoms with Gasteiger partial charge in [0, 0.05) is 6.54 Å². The molecule has 0 heterocycles. The van der Waals surface area contributed by atoms with Gasteiger partial charge in [-0.15, -0.1) is 0 Å². The van der Waals surface area contributed by atoms with Crippen LogP contribution < -0.4 is 19.5 Å². The SMILES string of the molecule is CNCc1cc(OC)ccc1-c1ccc(OC)c(OC)c1. The van der Waals surface area contributed by atoms with Crippen molar-refractivity contribution in [3.8, 4) is 28.4 Å². The lowest BCUT2D eigenvalue weighted by molar-refractivity contribution is 0.355. The number of methoxy groups -OCH3 is 3. The second-order valence-corrected chi connectivity index (χ2v) is 4.62. The van der Waals surface area contributed by atoms with E-state index in [9.17, 15) is 0 Å². The van der Waals surface area contributed by atoms with Crippen molar-refractivity contribution in [2.45, 2.75) is 6.54 Å². The van der Waals surface area contributed by atoms with E-state index in [0.29, 0.717) is 0 Å². The second kappa shape index (κ2) is 6.99. The molecule has 0 fully saturated rings. The minimum Gasteiger partial charge on any atom is -0.497 e. The number of hydrogen-bond acceptors (Lipinski definition) is 4. The first-order valence-electron chi connectivity index (χ1n) is 6.77. The largest absolute Gasteiger partial charge is 0.497 e. The highest BCUT2D eigenvalue weighted by Gasteiger charge is 2.10. The standard InChI is InChI=1S/C17H21NO3/c1-18-11-13-9-14(19-2)6-7-15(13)12-5-8-16(20-3)17(10-12)21-4/h5-10,18H,11H2,1-4H3. The molecule has 0 bridgehead atoms. The fraction of sp³-hybridized carbons (Fsp3) is 0.294. The summed E-state index contributed by atoms with van der Waals surface area (Å²) in [4.78, 5) is 0. The molecule has 2 aromatic carbocycles. The van der Waals surface area contributed by atoms with E-state index in [1.807, 2.05) is 37.4 Å². The highest BCUT2D eigenvalue weighted by molar-refractivity contribution is 5.71. The molecule has 0 aromatic heterocycles. The van der Waals surface area contributed by atoms with Gasteiger partial charge in [0.05, 0.1) is 21.3 Å². The van der Waals surface area contributed by atoms with Gasteiger partial charge in [-0.2, -0.15) is 0 Å². The molecule has 0 aliphatic rings. The summed E-state index contributed by atoms with van der Waals surface area (Å²) in [5.74, 6) is 2.30. The van der Waals surface area contributed by atoms with Crippen molar-refractivity contribution < 1.29 is 14.2 Å². The summed E-state index contributed by atoms with van der Waals surface area (Å²) in [5, 5.41) is 3.19. The Morgan fingerprint density at radius 3 is 2.24 bits per heavy atom. The van der Waals surface area contributed by atoms with E-state index in [4.69, 9.17) is 14.2 Å². The molecular weight excluding hydrogens is 266 g/mol. The van der Waals surface area contributed by atoms with Crippen LogP contribution in [0.3, 0.4) is 0 Å². The molecule has 0 saturated heterocycles. The first-order valence-corrected chi connectivity index (χ1v) is 6.77. The summed E-state index contributed by atoms with van der Waals surface area (Å²) in [5.41, 5.74) is 3.40. The van der Waals surface area contributed by atoms with E-state index < -0.39 is 0 Å². The van der Waals surface area contributed by atoms with Crippen LogP contribution in [0.25, 0.3) is 11.1 Å². The van der Waals surface area contributed by atoms with Gasteiger partial charge < -0.3 is 19.5 Å². The lowest BCUT2D eigenvalue weighted by Crippen LogP contribution is -2.06. The van der Waals surface area contributed by atoms with Gasteiger partial charge in [0.2, 0.25) is 0 Å². The minimum atomic E-state index is 0.723. The van der Waals surface area contributed by atoms with Crippen LogP contribution in [0.4, 0.5) is 0 Å². The van der Waals surface area contributed by atoms with Crippen LogP contribution in [0.5, 0.6) is 17.2 Å². The predicted octanol–water partition coefficient (Wildman–Crippen LogP) is 3.10. The van der Waals surface area contributed by atoms with Crippen molar-refractivity contribution in [3.05, 3.63) is 42.0 Å². The summed E-state index contributed by atoms with van der Waals surface area (Å²) < 4.78 is 16.0. The fourth-order valence-electron chi connectivity index (χ4n) is 2.32. The van der Waals surface area contributed by atoms with Crippen molar-refractivity contribution in [1.29, 1.82) is 0 Å². The molecule has 2 rings (SSSR count). The van der Waals surface area contributed by atoms with Crippen molar-refractivity contribution in [2.75, 3.05) is 28.4 Å². The molecule has 4 nitrogen and oxygen atoms in total. The smallest absolute Gasteiger partial charge is 0.161 e. The Balaban J connectivity index is 2.50. The van der Waals surface area contributed by atoms with Crippen molar-refractivity contribution >= 4 is 0 Å². The first-order chi connectivity index (χ1) is 10.2. The molecule has 21 heavy (non-hydrogen) atoms. The Bertz CT molecular complexity index is 611. The van der Waals surface area contributed by atoms with Gasteiger partial charge in [0.25, 0.3) is 0 Å². The summed E-state index contributed by atoms with van der Waals surface area (Å²) >= 11 is 0. The van der Waals surface area contributed by atoms with E-state index in [2.05, 4.69) is 11.4 Å². The van der Waals surface area contributed by atoms with E-state index >= 15 is 0 Å². The molecule has 0 unspecified atom stereocenters. The third-order valence-electron chi connectivity index (χ3n) is 3.37. The van der Waals surface area contributed by atoms with E-state index in [0.717, 1.165) is 34.9 Å². The third kappa shape index (κ3) is 3.28. The summed E-state index contributed by atoms with van der Waals surface area (Å²) in [7, 11) is 6.88. The molecule has 0 aliphatic heterocycles. The second-order valence-electron chi connectivity index (χ2n) is 4.62. The quantitative estimate of drug-likeness (QED) is 0.886. The van der Waals surface area contributed by atoms with E-state index in [1.165, 1.54) is 5.56 Å². The molecule has 0 atom stereocenters. The topological polar surface area (TPSA) is 39.7 Å². The number of rotatable bonds is 6. The minimum absolute atomic E-state index is 0.723. The van der Waals surface area contributed by atoms with Crippen LogP contribution in [0.15, 0.2) is 36.4 Å². The maximum absolute atomic E-state index is 5.38. The van der Waals surface area contributed by atoms with Gasteiger partial charge in [-0.05, 0) is 48.0 Å². The Morgan fingerprint density at radius 2 is 1.62 bits per heavy atom. The van der Waals surface area contributed by atoms with Gasteiger partial charge in [-0.3, -0.25) is 0 Å². The van der Waals surface area contributed by atoms with Gasteiger partial charge in [0.1, 0.15) is 5.75 Å². The number of benzene rings is 2. The maximum Gasteiger partial charge on any atom is 0.161 e. The summed E-state index contributed by atoms with van der Waals surface area (Å²) in [6, 6.07) is 12.0. The lowest BCUT2D eigenvalue weighted by Gasteiger charge is -2.14. The van der Waals surface area contributed by atoms with Gasteiger partial charge in [0.15, 0.2) is 11.5 Å². The lowest BCUT2D eigenvalue weighted by atomic mass is 9.98. The monoisotopic (exact) mass is 287 g/mol. The zero-order valence-electron chi connectivity index (χ0n) is 12.9. The van der Waals surface area contributed by atoms with Crippen LogP contribution in [-0.4, -0.2) is 28.4 Å². The molecule has 0 spiro atoms. The number of nitrogens with one attached hydrogen (secondary N) is 1. The highest BCUT2D eigenvalue weighted by atomic mass is 16.5. The molecule has 0 aliphatic carbocycles. The van der Waals surface area contributed by atoms with Gasteiger partial charge in [-0.25, -0.2) is 0 Å². The molecule has 0 amide bonds. The molecule has 1 N–H and O–H groups in total. The average molecular weight is 287 g/mol. The van der Waals surface area contributed by atoms with Gasteiger partial charge >= 0.3 is 0 Å².